The molecule has 0 spiro atoms. The number of carbonyl (C=O) groups is 2. The molecule has 0 aliphatic carbocycles. The van der Waals surface area contributed by atoms with Crippen molar-refractivity contribution in [1.82, 2.24) is 9.38 Å². The van der Waals surface area contributed by atoms with Crippen LogP contribution in [-0.4, -0.2) is 33.7 Å². The van der Waals surface area contributed by atoms with E-state index in [1.165, 1.54) is 0 Å². The molecule has 2 aromatic rings. The minimum atomic E-state index is -0.597. The summed E-state index contributed by atoms with van der Waals surface area (Å²) in [6.45, 7) is 7.34. The first-order valence-corrected chi connectivity index (χ1v) is 6.95. The SMILES string of the molecule is CCOC(=O)c1cn2cccc(NC(=O)OC(C)(C)C)c2n1. The van der Waals surface area contributed by atoms with Crippen LogP contribution in [0, 0.1) is 0 Å². The number of hydrogen-bond donors (Lipinski definition) is 1. The summed E-state index contributed by atoms with van der Waals surface area (Å²) in [6.07, 6.45) is 2.69. The van der Waals surface area contributed by atoms with Gasteiger partial charge < -0.3 is 13.9 Å². The molecule has 0 aliphatic heterocycles. The van der Waals surface area contributed by atoms with Crippen molar-refractivity contribution < 1.29 is 19.1 Å². The Balaban J connectivity index is 2.27. The molecule has 2 aromatic heterocycles. The number of pyridine rings is 1. The second kappa shape index (κ2) is 6.05. The summed E-state index contributed by atoms with van der Waals surface area (Å²) in [5, 5.41) is 2.63. The molecule has 118 valence electrons. The third kappa shape index (κ3) is 3.75. The average molecular weight is 305 g/mol. The molecule has 0 aliphatic rings. The molecule has 7 heteroatoms. The zero-order valence-electron chi connectivity index (χ0n) is 13.0. The van der Waals surface area contributed by atoms with Crippen LogP contribution in [0.15, 0.2) is 24.5 Å². The van der Waals surface area contributed by atoms with Crippen molar-refractivity contribution in [2.75, 3.05) is 11.9 Å². The van der Waals surface area contributed by atoms with Crippen molar-refractivity contribution in [1.29, 1.82) is 0 Å². The molecular formula is C15H19N3O4. The molecule has 22 heavy (non-hydrogen) atoms. The first-order valence-electron chi connectivity index (χ1n) is 6.95. The fraction of sp³-hybridized carbons (Fsp3) is 0.400. The predicted molar refractivity (Wildman–Crippen MR) is 81.0 cm³/mol. The molecule has 1 amide bonds. The maximum Gasteiger partial charge on any atom is 0.412 e. The summed E-state index contributed by atoms with van der Waals surface area (Å²) in [4.78, 5) is 27.8. The van der Waals surface area contributed by atoms with E-state index in [4.69, 9.17) is 9.47 Å². The van der Waals surface area contributed by atoms with Crippen LogP contribution < -0.4 is 5.32 Å². The highest BCUT2D eigenvalue weighted by Gasteiger charge is 2.18. The average Bonchev–Trinajstić information content (AvgIpc) is 2.82. The van der Waals surface area contributed by atoms with E-state index in [0.717, 1.165) is 0 Å². The normalized spacial score (nSPS) is 11.3. The molecule has 0 atom stereocenters. The number of ether oxygens (including phenoxy) is 2. The number of fused-ring (bicyclic) bond motifs is 1. The lowest BCUT2D eigenvalue weighted by molar-refractivity contribution is 0.0519. The van der Waals surface area contributed by atoms with Gasteiger partial charge in [-0.2, -0.15) is 0 Å². The number of rotatable bonds is 3. The van der Waals surface area contributed by atoms with Gasteiger partial charge in [0.1, 0.15) is 5.60 Å². The van der Waals surface area contributed by atoms with Gasteiger partial charge in [0, 0.05) is 12.4 Å². The number of aromatic nitrogens is 2. The summed E-state index contributed by atoms with van der Waals surface area (Å²) in [6, 6.07) is 3.41. The maximum absolute atomic E-state index is 11.9. The molecule has 0 fully saturated rings. The van der Waals surface area contributed by atoms with Crippen molar-refractivity contribution in [2.45, 2.75) is 33.3 Å². The summed E-state index contributed by atoms with van der Waals surface area (Å²) in [5.74, 6) is -0.505. The lowest BCUT2D eigenvalue weighted by Gasteiger charge is -2.19. The molecule has 0 radical (unpaired) electrons. The van der Waals surface area contributed by atoms with Crippen molar-refractivity contribution in [3.05, 3.63) is 30.2 Å². The third-order valence-corrected chi connectivity index (χ3v) is 2.60. The molecular weight excluding hydrogens is 286 g/mol. The highest BCUT2D eigenvalue weighted by molar-refractivity contribution is 5.92. The summed E-state index contributed by atoms with van der Waals surface area (Å²) in [5.41, 5.74) is 0.477. The van der Waals surface area contributed by atoms with Gasteiger partial charge in [-0.3, -0.25) is 5.32 Å². The van der Waals surface area contributed by atoms with Gasteiger partial charge in [0.2, 0.25) is 0 Å². The second-order valence-corrected chi connectivity index (χ2v) is 5.63. The summed E-state index contributed by atoms with van der Waals surface area (Å²) in [7, 11) is 0. The van der Waals surface area contributed by atoms with Crippen LogP contribution in [0.5, 0.6) is 0 Å². The van der Waals surface area contributed by atoms with Crippen molar-refractivity contribution >= 4 is 23.4 Å². The van der Waals surface area contributed by atoms with Crippen molar-refractivity contribution in [3.63, 3.8) is 0 Å². The predicted octanol–water partition coefficient (Wildman–Crippen LogP) is 2.86. The largest absolute Gasteiger partial charge is 0.461 e. The fourth-order valence-electron chi connectivity index (χ4n) is 1.83. The number of anilines is 1. The lowest BCUT2D eigenvalue weighted by atomic mass is 10.2. The molecule has 1 N–H and O–H groups in total. The topological polar surface area (TPSA) is 81.9 Å². The number of nitrogens with zero attached hydrogens (tertiary/aromatic N) is 2. The molecule has 2 heterocycles. The summed E-state index contributed by atoms with van der Waals surface area (Å²) < 4.78 is 11.8. The molecule has 0 aromatic carbocycles. The Bertz CT molecular complexity index is 700. The van der Waals surface area contributed by atoms with Gasteiger partial charge in [-0.25, -0.2) is 14.6 Å². The van der Waals surface area contributed by atoms with Crippen LogP contribution >= 0.6 is 0 Å². The zero-order chi connectivity index (χ0) is 16.3. The minimum Gasteiger partial charge on any atom is -0.461 e. The van der Waals surface area contributed by atoms with Crippen LogP contribution in [0.1, 0.15) is 38.2 Å². The van der Waals surface area contributed by atoms with E-state index >= 15 is 0 Å². The van der Waals surface area contributed by atoms with E-state index in [1.807, 2.05) is 0 Å². The molecule has 0 saturated heterocycles. The van der Waals surface area contributed by atoms with Crippen LogP contribution in [0.4, 0.5) is 10.5 Å². The van der Waals surface area contributed by atoms with Crippen LogP contribution in [0.25, 0.3) is 5.65 Å². The lowest BCUT2D eigenvalue weighted by Crippen LogP contribution is -2.27. The van der Waals surface area contributed by atoms with Gasteiger partial charge in [0.15, 0.2) is 11.3 Å². The Morgan fingerprint density at radius 3 is 2.73 bits per heavy atom. The summed E-state index contributed by atoms with van der Waals surface area (Å²) >= 11 is 0. The van der Waals surface area contributed by atoms with Crippen LogP contribution in [-0.2, 0) is 9.47 Å². The molecule has 2 rings (SSSR count). The van der Waals surface area contributed by atoms with E-state index in [-0.39, 0.29) is 12.3 Å². The Hall–Kier alpha value is -2.57. The highest BCUT2D eigenvalue weighted by atomic mass is 16.6. The van der Waals surface area contributed by atoms with Crippen molar-refractivity contribution in [2.24, 2.45) is 0 Å². The van der Waals surface area contributed by atoms with Gasteiger partial charge in [0.05, 0.1) is 12.3 Å². The number of imidazole rings is 1. The van der Waals surface area contributed by atoms with Crippen molar-refractivity contribution in [3.8, 4) is 0 Å². The van der Waals surface area contributed by atoms with Gasteiger partial charge in [-0.1, -0.05) is 0 Å². The highest BCUT2D eigenvalue weighted by Crippen LogP contribution is 2.18. The standard InChI is InChI=1S/C15H19N3O4/c1-5-21-13(19)11-9-18-8-6-7-10(12(18)16-11)17-14(20)22-15(2,3)4/h6-9H,5H2,1-4H3,(H,17,20). The number of hydrogen-bond acceptors (Lipinski definition) is 5. The molecule has 0 bridgehead atoms. The molecule has 7 nitrogen and oxygen atoms in total. The smallest absolute Gasteiger partial charge is 0.412 e. The monoisotopic (exact) mass is 305 g/mol. The maximum atomic E-state index is 11.9. The van der Waals surface area contributed by atoms with Crippen LogP contribution in [0.3, 0.4) is 0 Å². The van der Waals surface area contributed by atoms with E-state index in [2.05, 4.69) is 10.3 Å². The van der Waals surface area contributed by atoms with Gasteiger partial charge in [-0.05, 0) is 39.8 Å². The number of nitrogens with one attached hydrogen (secondary N) is 1. The quantitative estimate of drug-likeness (QED) is 0.882. The van der Waals surface area contributed by atoms with E-state index < -0.39 is 17.7 Å². The number of amides is 1. The Labute approximate surface area is 128 Å². The van der Waals surface area contributed by atoms with Gasteiger partial charge >= 0.3 is 12.1 Å². The third-order valence-electron chi connectivity index (χ3n) is 2.60. The van der Waals surface area contributed by atoms with E-state index in [1.54, 1.807) is 56.6 Å². The molecule has 0 saturated carbocycles. The van der Waals surface area contributed by atoms with Crippen LogP contribution in [0.2, 0.25) is 0 Å². The first kappa shape index (κ1) is 15.8. The second-order valence-electron chi connectivity index (χ2n) is 5.63. The number of esters is 1. The Morgan fingerprint density at radius 1 is 1.36 bits per heavy atom. The Kier molecular flexibility index (Phi) is 4.35. The van der Waals surface area contributed by atoms with Gasteiger partial charge in [0.25, 0.3) is 0 Å². The van der Waals surface area contributed by atoms with Gasteiger partial charge in [-0.15, -0.1) is 0 Å². The first-order chi connectivity index (χ1) is 10.3. The number of carbonyl (C=O) groups excluding carboxylic acids is 2. The van der Waals surface area contributed by atoms with E-state index in [0.29, 0.717) is 11.3 Å². The minimum absolute atomic E-state index is 0.181. The molecule has 0 unspecified atom stereocenters. The van der Waals surface area contributed by atoms with E-state index in [9.17, 15) is 9.59 Å². The fourth-order valence-corrected chi connectivity index (χ4v) is 1.83. The Morgan fingerprint density at radius 2 is 2.09 bits per heavy atom. The zero-order valence-corrected chi connectivity index (χ0v) is 13.0.